The van der Waals surface area contributed by atoms with Crippen LogP contribution in [-0.2, 0) is 0 Å². The fourth-order valence-electron chi connectivity index (χ4n) is 1.40. The van der Waals surface area contributed by atoms with E-state index in [9.17, 15) is 13.2 Å². The van der Waals surface area contributed by atoms with Gasteiger partial charge in [-0.15, -0.1) is 0 Å². The Morgan fingerprint density at radius 2 is 1.62 bits per heavy atom. The number of halogens is 3. The molecule has 1 aromatic heterocycles. The molecule has 0 radical (unpaired) electrons. The first-order valence-corrected chi connectivity index (χ1v) is 5.08. The smallest absolute Gasteiger partial charge is 0.317 e. The summed E-state index contributed by atoms with van der Waals surface area (Å²) in [5, 5.41) is 2.89. The minimum atomic E-state index is -3.97. The molecule has 1 fully saturated rings. The van der Waals surface area contributed by atoms with Gasteiger partial charge in [0.1, 0.15) is 6.33 Å². The molecule has 0 atom stereocenters. The van der Waals surface area contributed by atoms with E-state index in [0.29, 0.717) is 13.1 Å². The van der Waals surface area contributed by atoms with Crippen molar-refractivity contribution in [3.63, 3.8) is 0 Å². The summed E-state index contributed by atoms with van der Waals surface area (Å²) in [4.78, 5) is 7.35. The van der Waals surface area contributed by atoms with Crippen molar-refractivity contribution in [3.05, 3.63) is 24.8 Å². The first-order valence-electron chi connectivity index (χ1n) is 5.08. The van der Waals surface area contributed by atoms with Crippen LogP contribution in [0, 0.1) is 5.92 Å². The van der Waals surface area contributed by atoms with Crippen molar-refractivity contribution in [1.82, 2.24) is 15.3 Å². The molecule has 2 rings (SSSR count). The van der Waals surface area contributed by atoms with Crippen LogP contribution in [0.15, 0.2) is 24.8 Å². The van der Waals surface area contributed by atoms with Gasteiger partial charge in [-0.2, -0.15) is 13.2 Å². The van der Waals surface area contributed by atoms with E-state index >= 15 is 0 Å². The Bertz CT molecular complexity index is 244. The fourth-order valence-corrected chi connectivity index (χ4v) is 1.40. The van der Waals surface area contributed by atoms with E-state index in [1.54, 1.807) is 18.5 Å². The summed E-state index contributed by atoms with van der Waals surface area (Å²) in [6.07, 6.45) is 1.38. The standard InChI is InChI=1S/C6H10F3N.C4H4N2/c7-6(8,9)5-1-3-10-4-2-5;1-2-5-4-6-3-1/h5,10H,1-4H2;1-4H. The van der Waals surface area contributed by atoms with Gasteiger partial charge < -0.3 is 5.32 Å². The highest BCUT2D eigenvalue weighted by molar-refractivity contribution is 4.74. The molecule has 0 unspecified atom stereocenters. The maximum absolute atomic E-state index is 11.9. The van der Waals surface area contributed by atoms with Crippen LogP contribution in [-0.4, -0.2) is 29.2 Å². The molecule has 1 aliphatic rings. The lowest BCUT2D eigenvalue weighted by atomic mass is 9.98. The van der Waals surface area contributed by atoms with E-state index in [-0.39, 0.29) is 12.8 Å². The molecule has 0 bridgehead atoms. The molecule has 0 aliphatic carbocycles. The molecule has 0 amide bonds. The normalized spacial score (nSPS) is 17.4. The molecule has 6 heteroatoms. The van der Waals surface area contributed by atoms with Gasteiger partial charge in [-0.05, 0) is 32.0 Å². The van der Waals surface area contributed by atoms with Crippen LogP contribution < -0.4 is 5.32 Å². The number of aromatic nitrogens is 2. The maximum atomic E-state index is 11.9. The molecule has 0 saturated carbocycles. The highest BCUT2D eigenvalue weighted by Crippen LogP contribution is 2.31. The molecular weight excluding hydrogens is 219 g/mol. The van der Waals surface area contributed by atoms with E-state index in [4.69, 9.17) is 0 Å². The van der Waals surface area contributed by atoms with Crippen LogP contribution in [0.25, 0.3) is 0 Å². The monoisotopic (exact) mass is 233 g/mol. The lowest BCUT2D eigenvalue weighted by molar-refractivity contribution is -0.180. The van der Waals surface area contributed by atoms with Crippen LogP contribution in [0.1, 0.15) is 12.8 Å². The van der Waals surface area contributed by atoms with Gasteiger partial charge in [-0.25, -0.2) is 9.97 Å². The molecular formula is C10H14F3N3. The zero-order valence-corrected chi connectivity index (χ0v) is 8.74. The second-order valence-electron chi connectivity index (χ2n) is 3.47. The first kappa shape index (κ1) is 12.9. The summed E-state index contributed by atoms with van der Waals surface area (Å²) in [5.41, 5.74) is 0. The number of alkyl halides is 3. The van der Waals surface area contributed by atoms with Gasteiger partial charge in [0, 0.05) is 12.4 Å². The third-order valence-corrected chi connectivity index (χ3v) is 2.28. The Hall–Kier alpha value is -1.17. The van der Waals surface area contributed by atoms with Crippen molar-refractivity contribution < 1.29 is 13.2 Å². The van der Waals surface area contributed by atoms with Gasteiger partial charge in [0.15, 0.2) is 0 Å². The van der Waals surface area contributed by atoms with E-state index in [1.165, 1.54) is 6.33 Å². The van der Waals surface area contributed by atoms with Gasteiger partial charge in [0.05, 0.1) is 5.92 Å². The number of hydrogen-bond donors (Lipinski definition) is 1. The zero-order valence-electron chi connectivity index (χ0n) is 8.74. The first-order chi connectivity index (χ1) is 7.61. The highest BCUT2D eigenvalue weighted by Gasteiger charge is 2.39. The van der Waals surface area contributed by atoms with Crippen LogP contribution in [0.3, 0.4) is 0 Å². The number of nitrogens with zero attached hydrogens (tertiary/aromatic N) is 2. The third kappa shape index (κ3) is 5.06. The number of piperidine rings is 1. The Morgan fingerprint density at radius 1 is 1.06 bits per heavy atom. The summed E-state index contributed by atoms with van der Waals surface area (Å²) in [6.45, 7) is 1.01. The summed E-state index contributed by atoms with van der Waals surface area (Å²) >= 11 is 0. The fraction of sp³-hybridized carbons (Fsp3) is 0.600. The quantitative estimate of drug-likeness (QED) is 0.745. The largest absolute Gasteiger partial charge is 0.391 e. The molecule has 1 N–H and O–H groups in total. The second kappa shape index (κ2) is 6.42. The third-order valence-electron chi connectivity index (χ3n) is 2.28. The van der Waals surface area contributed by atoms with Crippen molar-refractivity contribution in [2.75, 3.05) is 13.1 Å². The predicted octanol–water partition coefficient (Wildman–Crippen LogP) is 2.02. The maximum Gasteiger partial charge on any atom is 0.391 e. The Labute approximate surface area is 92.1 Å². The van der Waals surface area contributed by atoms with Gasteiger partial charge in [-0.1, -0.05) is 0 Å². The van der Waals surface area contributed by atoms with Gasteiger partial charge in [0.25, 0.3) is 0 Å². The van der Waals surface area contributed by atoms with Crippen LogP contribution in [0.5, 0.6) is 0 Å². The van der Waals surface area contributed by atoms with E-state index in [0.717, 1.165) is 0 Å². The van der Waals surface area contributed by atoms with E-state index in [1.807, 2.05) is 0 Å². The lowest BCUT2D eigenvalue weighted by Crippen LogP contribution is -2.35. The van der Waals surface area contributed by atoms with Crippen molar-refractivity contribution in [3.8, 4) is 0 Å². The van der Waals surface area contributed by atoms with Gasteiger partial charge >= 0.3 is 6.18 Å². The molecule has 1 aromatic rings. The highest BCUT2D eigenvalue weighted by atomic mass is 19.4. The van der Waals surface area contributed by atoms with Crippen molar-refractivity contribution in [2.45, 2.75) is 19.0 Å². The molecule has 2 heterocycles. The minimum absolute atomic E-state index is 0.240. The summed E-state index contributed by atoms with van der Waals surface area (Å²) in [7, 11) is 0. The van der Waals surface area contributed by atoms with Crippen molar-refractivity contribution in [2.24, 2.45) is 5.92 Å². The van der Waals surface area contributed by atoms with Crippen LogP contribution in [0.4, 0.5) is 13.2 Å². The molecule has 3 nitrogen and oxygen atoms in total. The van der Waals surface area contributed by atoms with Crippen molar-refractivity contribution >= 4 is 0 Å². The van der Waals surface area contributed by atoms with Crippen LogP contribution in [0.2, 0.25) is 0 Å². The molecule has 16 heavy (non-hydrogen) atoms. The molecule has 1 aliphatic heterocycles. The average Bonchev–Trinajstić information content (AvgIpc) is 2.32. The number of nitrogens with one attached hydrogen (secondary N) is 1. The molecule has 0 spiro atoms. The number of rotatable bonds is 0. The van der Waals surface area contributed by atoms with Gasteiger partial charge in [0.2, 0.25) is 0 Å². The zero-order chi connectivity index (χ0) is 11.9. The summed E-state index contributed by atoms with van der Waals surface area (Å²) in [5.74, 6) is -1.06. The predicted molar refractivity (Wildman–Crippen MR) is 53.7 cm³/mol. The van der Waals surface area contributed by atoms with Gasteiger partial charge in [-0.3, -0.25) is 0 Å². The molecule has 1 saturated heterocycles. The Morgan fingerprint density at radius 3 is 1.88 bits per heavy atom. The Balaban J connectivity index is 0.000000181. The SMILES string of the molecule is FC(F)(F)C1CCNCC1.c1cncnc1. The average molecular weight is 233 g/mol. The topological polar surface area (TPSA) is 37.8 Å². The minimum Gasteiger partial charge on any atom is -0.317 e. The second-order valence-corrected chi connectivity index (χ2v) is 3.47. The number of hydrogen-bond acceptors (Lipinski definition) is 3. The van der Waals surface area contributed by atoms with E-state index in [2.05, 4.69) is 15.3 Å². The lowest BCUT2D eigenvalue weighted by Gasteiger charge is -2.24. The summed E-state index contributed by atoms with van der Waals surface area (Å²) < 4.78 is 35.7. The van der Waals surface area contributed by atoms with E-state index < -0.39 is 12.1 Å². The molecule has 90 valence electrons. The molecule has 0 aromatic carbocycles. The van der Waals surface area contributed by atoms with Crippen LogP contribution >= 0.6 is 0 Å². The summed E-state index contributed by atoms with van der Waals surface area (Å²) in [6, 6.07) is 1.78. The Kier molecular flexibility index (Phi) is 5.18. The van der Waals surface area contributed by atoms with Crippen molar-refractivity contribution in [1.29, 1.82) is 0 Å².